The molecule has 8 nitrogen and oxygen atoms in total. The van der Waals surface area contributed by atoms with Crippen molar-refractivity contribution in [3.63, 3.8) is 0 Å². The Morgan fingerprint density at radius 2 is 1.86 bits per heavy atom. The highest BCUT2D eigenvalue weighted by Gasteiger charge is 2.49. The van der Waals surface area contributed by atoms with Crippen molar-refractivity contribution in [1.82, 2.24) is 14.9 Å². The van der Waals surface area contributed by atoms with Crippen LogP contribution in [-0.4, -0.2) is 51.5 Å². The lowest BCUT2D eigenvalue weighted by Crippen LogP contribution is -2.42. The van der Waals surface area contributed by atoms with Gasteiger partial charge in [-0.25, -0.2) is 14.4 Å². The maximum absolute atomic E-state index is 15.2. The van der Waals surface area contributed by atoms with E-state index in [4.69, 9.17) is 15.7 Å². The second-order valence-electron chi connectivity index (χ2n) is 12.6. The lowest BCUT2D eigenvalue weighted by atomic mass is 9.81. The smallest absolute Gasteiger partial charge is 0.254 e. The minimum absolute atomic E-state index is 0.00969. The zero-order chi connectivity index (χ0) is 30.1. The van der Waals surface area contributed by atoms with Gasteiger partial charge < -0.3 is 20.3 Å². The molecule has 2 unspecified atom stereocenters. The van der Waals surface area contributed by atoms with E-state index in [9.17, 15) is 4.79 Å². The normalized spacial score (nSPS) is 21.7. The van der Waals surface area contributed by atoms with Gasteiger partial charge in [-0.1, -0.05) is 12.1 Å². The number of carbonyl (C=O) groups excluding carboxylic acids is 1. The molecule has 2 aliphatic rings. The Kier molecular flexibility index (Phi) is 8.20. The zero-order valence-electron chi connectivity index (χ0n) is 24.8. The number of halogens is 1. The first kappa shape index (κ1) is 29.5. The molecule has 1 saturated carbocycles. The molecular formula is C33H39FN6O2. The van der Waals surface area contributed by atoms with Crippen molar-refractivity contribution in [2.45, 2.75) is 77.4 Å². The molecule has 1 aromatic heterocycles. The lowest BCUT2D eigenvalue weighted by molar-refractivity contribution is 0.0643. The van der Waals surface area contributed by atoms with Crippen molar-refractivity contribution in [3.8, 4) is 17.6 Å². The Bertz CT molecular complexity index is 1480. The molecule has 1 aliphatic heterocycles. The molecule has 9 heteroatoms. The predicted molar refractivity (Wildman–Crippen MR) is 160 cm³/mol. The Morgan fingerprint density at radius 3 is 2.52 bits per heavy atom. The SMILES string of the molecule is CC(C)N(C(=O)c1ccc(Oc2cncnc2N2CCC3(CCC(N)(Cc4ccc(C#N)cc4)C3)C2)c(F)c1)C(C)C. The summed E-state index contributed by atoms with van der Waals surface area (Å²) in [6, 6.07) is 14.1. The quantitative estimate of drug-likeness (QED) is 0.361. The third-order valence-corrected chi connectivity index (χ3v) is 8.66. The van der Waals surface area contributed by atoms with E-state index in [1.807, 2.05) is 52.0 Å². The molecule has 1 saturated heterocycles. The van der Waals surface area contributed by atoms with Crippen molar-refractivity contribution >= 4 is 11.7 Å². The highest BCUT2D eigenvalue weighted by atomic mass is 19.1. The fraction of sp³-hybridized carbons (Fsp3) is 0.455. The number of anilines is 1. The fourth-order valence-corrected chi connectivity index (χ4v) is 6.83. The average Bonchev–Trinajstić information content (AvgIpc) is 3.51. The first-order valence-electron chi connectivity index (χ1n) is 14.6. The summed E-state index contributed by atoms with van der Waals surface area (Å²) in [5.41, 5.74) is 8.76. The molecule has 1 spiro atoms. The summed E-state index contributed by atoms with van der Waals surface area (Å²) in [5, 5.41) is 9.09. The van der Waals surface area contributed by atoms with Crippen molar-refractivity contribution < 1.29 is 13.9 Å². The number of rotatable bonds is 8. The van der Waals surface area contributed by atoms with Gasteiger partial charge in [0.25, 0.3) is 5.91 Å². The number of carbonyl (C=O) groups is 1. The Balaban J connectivity index is 1.28. The highest BCUT2D eigenvalue weighted by molar-refractivity contribution is 5.94. The Morgan fingerprint density at radius 1 is 1.12 bits per heavy atom. The van der Waals surface area contributed by atoms with E-state index in [2.05, 4.69) is 20.9 Å². The van der Waals surface area contributed by atoms with Crippen LogP contribution < -0.4 is 15.4 Å². The number of ether oxygens (including phenoxy) is 1. The van der Waals surface area contributed by atoms with Gasteiger partial charge in [-0.3, -0.25) is 4.79 Å². The molecule has 0 bridgehead atoms. The number of nitriles is 1. The summed E-state index contributed by atoms with van der Waals surface area (Å²) >= 11 is 0. The minimum Gasteiger partial charge on any atom is -0.449 e. The van der Waals surface area contributed by atoms with Gasteiger partial charge in [0.2, 0.25) is 0 Å². The molecule has 2 aromatic carbocycles. The second-order valence-corrected chi connectivity index (χ2v) is 12.6. The maximum atomic E-state index is 15.2. The van der Waals surface area contributed by atoms with E-state index in [0.717, 1.165) is 50.8 Å². The van der Waals surface area contributed by atoms with E-state index in [0.29, 0.717) is 17.1 Å². The maximum Gasteiger partial charge on any atom is 0.254 e. The van der Waals surface area contributed by atoms with Gasteiger partial charge in [0, 0.05) is 36.3 Å². The number of nitrogens with zero attached hydrogens (tertiary/aromatic N) is 5. The number of aromatic nitrogens is 2. The van der Waals surface area contributed by atoms with Crippen LogP contribution in [-0.2, 0) is 6.42 Å². The zero-order valence-corrected chi connectivity index (χ0v) is 24.8. The van der Waals surface area contributed by atoms with Crippen molar-refractivity contribution in [2.75, 3.05) is 18.0 Å². The van der Waals surface area contributed by atoms with Gasteiger partial charge in [0.05, 0.1) is 17.8 Å². The van der Waals surface area contributed by atoms with E-state index < -0.39 is 5.82 Å². The van der Waals surface area contributed by atoms with Crippen LogP contribution >= 0.6 is 0 Å². The third-order valence-electron chi connectivity index (χ3n) is 8.66. The summed E-state index contributed by atoms with van der Waals surface area (Å²) in [6.07, 6.45) is 7.62. The number of nitrogens with two attached hydrogens (primary N) is 1. The summed E-state index contributed by atoms with van der Waals surface area (Å²) < 4.78 is 21.3. The van der Waals surface area contributed by atoms with E-state index in [1.54, 1.807) is 17.2 Å². The Labute approximate surface area is 247 Å². The van der Waals surface area contributed by atoms with Crippen LogP contribution in [0.15, 0.2) is 55.0 Å². The van der Waals surface area contributed by atoms with E-state index in [1.165, 1.54) is 18.5 Å². The molecule has 1 aliphatic carbocycles. The van der Waals surface area contributed by atoms with Crippen LogP contribution in [0.4, 0.5) is 10.2 Å². The van der Waals surface area contributed by atoms with E-state index >= 15 is 4.39 Å². The topological polar surface area (TPSA) is 108 Å². The molecule has 220 valence electrons. The average molecular weight is 571 g/mol. The van der Waals surface area contributed by atoms with Gasteiger partial charge in [0.1, 0.15) is 6.33 Å². The summed E-state index contributed by atoms with van der Waals surface area (Å²) in [6.45, 7) is 9.35. The minimum atomic E-state index is -0.618. The van der Waals surface area contributed by atoms with Crippen LogP contribution in [0, 0.1) is 22.6 Å². The number of benzene rings is 2. The van der Waals surface area contributed by atoms with Crippen molar-refractivity contribution in [1.29, 1.82) is 5.26 Å². The van der Waals surface area contributed by atoms with Gasteiger partial charge in [-0.2, -0.15) is 5.26 Å². The van der Waals surface area contributed by atoms with Crippen LogP contribution in [0.5, 0.6) is 11.5 Å². The van der Waals surface area contributed by atoms with Gasteiger partial charge in [-0.05, 0) is 101 Å². The molecule has 2 N–H and O–H groups in total. The largest absolute Gasteiger partial charge is 0.449 e. The predicted octanol–water partition coefficient (Wildman–Crippen LogP) is 5.86. The third kappa shape index (κ3) is 6.09. The number of hydrogen-bond donors (Lipinski definition) is 1. The molecule has 2 fully saturated rings. The van der Waals surface area contributed by atoms with E-state index in [-0.39, 0.29) is 40.3 Å². The van der Waals surface area contributed by atoms with Crippen LogP contribution in [0.1, 0.15) is 74.9 Å². The molecule has 2 atom stereocenters. The molecule has 2 heterocycles. The molecule has 0 radical (unpaired) electrons. The number of hydrogen-bond acceptors (Lipinski definition) is 7. The highest BCUT2D eigenvalue weighted by Crippen LogP contribution is 2.51. The summed E-state index contributed by atoms with van der Waals surface area (Å²) in [5.74, 6) is 0.166. The molecule has 5 rings (SSSR count). The summed E-state index contributed by atoms with van der Waals surface area (Å²) in [7, 11) is 0. The summed E-state index contributed by atoms with van der Waals surface area (Å²) in [4.78, 5) is 25.6. The van der Waals surface area contributed by atoms with Crippen LogP contribution in [0.2, 0.25) is 0 Å². The molecule has 3 aromatic rings. The fourth-order valence-electron chi connectivity index (χ4n) is 6.83. The first-order valence-corrected chi connectivity index (χ1v) is 14.6. The van der Waals surface area contributed by atoms with Crippen LogP contribution in [0.25, 0.3) is 0 Å². The Hall–Kier alpha value is -4.03. The standard InChI is InChI=1S/C33H39FN6O2/c1-22(2)40(23(3)4)31(41)26-9-10-28(27(34)15-26)42-29-18-37-21-38-30(29)39-14-13-32(20-39)11-12-33(36,19-32)16-24-5-7-25(17-35)8-6-24/h5-10,15,18,21-23H,11-14,16,19-20,36H2,1-4H3. The number of amides is 1. The monoisotopic (exact) mass is 570 g/mol. The second kappa shape index (κ2) is 11.7. The van der Waals surface area contributed by atoms with Gasteiger partial charge in [-0.15, -0.1) is 0 Å². The van der Waals surface area contributed by atoms with Crippen LogP contribution in [0.3, 0.4) is 0 Å². The van der Waals surface area contributed by atoms with Crippen molar-refractivity contribution in [2.24, 2.45) is 11.1 Å². The first-order chi connectivity index (χ1) is 20.0. The molecule has 1 amide bonds. The molecular weight excluding hydrogens is 531 g/mol. The lowest BCUT2D eigenvalue weighted by Gasteiger charge is -2.31. The van der Waals surface area contributed by atoms with Gasteiger partial charge in [0.15, 0.2) is 23.1 Å². The van der Waals surface area contributed by atoms with Gasteiger partial charge >= 0.3 is 0 Å². The molecule has 42 heavy (non-hydrogen) atoms. The van der Waals surface area contributed by atoms with Crippen molar-refractivity contribution in [3.05, 3.63) is 77.5 Å².